The SMILES string of the molecule is CCCCCCCCCCCCCCCCCCC(=O)O[C@H](COC(=O)CCCCCCCCCCCCCCCCC)COP(=O)(O)OC[C@@H](O)COP(=O)(O)OC[C@@H](COC(=O)CCCCCCCCCCCC)OC(=O)CCCCCCCCCCCC. The van der Waals surface area contributed by atoms with E-state index >= 15 is 0 Å². The summed E-state index contributed by atoms with van der Waals surface area (Å²) in [4.78, 5) is 72.6. The third-order valence-corrected chi connectivity index (χ3v) is 18.8. The highest BCUT2D eigenvalue weighted by Crippen LogP contribution is 2.45. The summed E-state index contributed by atoms with van der Waals surface area (Å²) in [7, 11) is -9.90. The average Bonchev–Trinajstić information content (AvgIpc) is 2.29. The van der Waals surface area contributed by atoms with E-state index in [1.807, 2.05) is 0 Å². The molecule has 0 saturated carbocycles. The Bertz CT molecular complexity index is 1740. The molecule has 5 atom stereocenters. The molecule has 19 heteroatoms. The van der Waals surface area contributed by atoms with Crippen LogP contribution in [0.5, 0.6) is 0 Å². The normalized spacial score (nSPS) is 14.0. The Hall–Kier alpha value is -1.94. The molecule has 0 aromatic heterocycles. The van der Waals surface area contributed by atoms with Gasteiger partial charge in [0, 0.05) is 25.7 Å². The van der Waals surface area contributed by atoms with Gasteiger partial charge in [-0.05, 0) is 25.7 Å². The van der Waals surface area contributed by atoms with E-state index in [1.165, 1.54) is 212 Å². The number of unbranched alkanes of at least 4 members (excludes halogenated alkanes) is 47. The van der Waals surface area contributed by atoms with Gasteiger partial charge in [0.05, 0.1) is 26.4 Å². The van der Waals surface area contributed by atoms with E-state index in [-0.39, 0.29) is 25.7 Å². The Morgan fingerprint density at radius 3 is 0.648 bits per heavy atom. The van der Waals surface area contributed by atoms with Crippen LogP contribution in [0.3, 0.4) is 0 Å². The lowest BCUT2D eigenvalue weighted by Gasteiger charge is -2.21. The first kappa shape index (κ1) is 89.1. The van der Waals surface area contributed by atoms with Gasteiger partial charge in [-0.2, -0.15) is 0 Å². The van der Waals surface area contributed by atoms with Crippen molar-refractivity contribution in [2.45, 2.75) is 399 Å². The van der Waals surface area contributed by atoms with Gasteiger partial charge in [-0.3, -0.25) is 37.3 Å². The van der Waals surface area contributed by atoms with Crippen molar-refractivity contribution in [2.24, 2.45) is 0 Å². The van der Waals surface area contributed by atoms with Gasteiger partial charge in [0.25, 0.3) is 0 Å². The molecule has 0 fully saturated rings. The summed E-state index contributed by atoms with van der Waals surface area (Å²) in [5.74, 6) is -2.12. The highest BCUT2D eigenvalue weighted by atomic mass is 31.2. The lowest BCUT2D eigenvalue weighted by Crippen LogP contribution is -2.30. The Labute approximate surface area is 556 Å². The molecule has 0 rings (SSSR count). The zero-order valence-electron chi connectivity index (χ0n) is 58.8. The molecule has 17 nitrogen and oxygen atoms in total. The molecule has 3 N–H and O–H groups in total. The van der Waals surface area contributed by atoms with Crippen molar-refractivity contribution in [1.82, 2.24) is 0 Å². The second-order valence-electron chi connectivity index (χ2n) is 26.0. The van der Waals surface area contributed by atoms with Crippen molar-refractivity contribution < 1.29 is 80.2 Å². The zero-order valence-corrected chi connectivity index (χ0v) is 60.6. The highest BCUT2D eigenvalue weighted by Gasteiger charge is 2.30. The molecule has 2 unspecified atom stereocenters. The zero-order chi connectivity index (χ0) is 66.8. The van der Waals surface area contributed by atoms with Crippen LogP contribution >= 0.6 is 15.6 Å². The summed E-state index contributed by atoms with van der Waals surface area (Å²) >= 11 is 0. The van der Waals surface area contributed by atoms with Crippen molar-refractivity contribution >= 4 is 39.5 Å². The largest absolute Gasteiger partial charge is 0.472 e. The van der Waals surface area contributed by atoms with E-state index in [0.29, 0.717) is 25.7 Å². The number of ether oxygens (including phenoxy) is 4. The number of aliphatic hydroxyl groups excluding tert-OH is 1. The van der Waals surface area contributed by atoms with Gasteiger partial charge >= 0.3 is 39.5 Å². The quantitative estimate of drug-likeness (QED) is 0.0222. The summed E-state index contributed by atoms with van der Waals surface area (Å²) in [6.45, 7) is 4.95. The molecule has 0 aromatic carbocycles. The number of rotatable bonds is 73. The van der Waals surface area contributed by atoms with Gasteiger partial charge in [-0.25, -0.2) is 9.13 Å². The van der Waals surface area contributed by atoms with E-state index in [9.17, 15) is 43.2 Å². The molecular weight excluding hydrogens is 1200 g/mol. The summed E-state index contributed by atoms with van der Waals surface area (Å²) in [5, 5.41) is 10.6. The second kappa shape index (κ2) is 66.7. The first-order chi connectivity index (χ1) is 44.2. The number of carbonyl (C=O) groups excluding carboxylic acids is 4. The van der Waals surface area contributed by atoms with Crippen LogP contribution < -0.4 is 0 Å². The van der Waals surface area contributed by atoms with Gasteiger partial charge in [0.1, 0.15) is 19.3 Å². The van der Waals surface area contributed by atoms with Crippen LogP contribution in [0.4, 0.5) is 0 Å². The first-order valence-corrected chi connectivity index (χ1v) is 40.8. The third kappa shape index (κ3) is 66.5. The molecule has 0 aliphatic heterocycles. The summed E-state index contributed by atoms with van der Waals surface area (Å²) in [5.41, 5.74) is 0. The number of aliphatic hydroxyl groups is 1. The summed E-state index contributed by atoms with van der Waals surface area (Å²) < 4.78 is 68.3. The fourth-order valence-electron chi connectivity index (χ4n) is 11.0. The van der Waals surface area contributed by atoms with Crippen molar-refractivity contribution in [3.63, 3.8) is 0 Å². The maximum Gasteiger partial charge on any atom is 0.472 e. The van der Waals surface area contributed by atoms with Crippen LogP contribution in [-0.4, -0.2) is 96.7 Å². The van der Waals surface area contributed by atoms with Crippen molar-refractivity contribution in [1.29, 1.82) is 0 Å². The van der Waals surface area contributed by atoms with E-state index in [0.717, 1.165) is 89.9 Å². The van der Waals surface area contributed by atoms with E-state index in [1.54, 1.807) is 0 Å². The Kier molecular flexibility index (Phi) is 65.2. The standard InChI is InChI=1S/C72H140O17P2/c1-5-9-13-17-21-25-29-31-33-35-37-39-43-47-51-55-59-72(77)89-68(63-83-70(75)57-53-49-45-42-38-36-34-32-30-26-22-18-14-10-6-2)65-87-91(80,81)85-61-66(73)60-84-90(78,79)86-64-67(88-71(76)58-54-50-46-41-28-24-20-16-12-8-4)62-82-69(74)56-52-48-44-40-27-23-19-15-11-7-3/h66-68,73H,5-65H2,1-4H3,(H,78,79)(H,80,81)/t66-,67+,68+/m0/s1. The predicted molar refractivity (Wildman–Crippen MR) is 368 cm³/mol. The fourth-order valence-corrected chi connectivity index (χ4v) is 12.6. The van der Waals surface area contributed by atoms with E-state index < -0.39 is 97.5 Å². The lowest BCUT2D eigenvalue weighted by molar-refractivity contribution is -0.161. The van der Waals surface area contributed by atoms with Crippen molar-refractivity contribution in [3.8, 4) is 0 Å². The summed E-state index contributed by atoms with van der Waals surface area (Å²) in [6, 6.07) is 0. The van der Waals surface area contributed by atoms with Gasteiger partial charge in [-0.1, -0.05) is 329 Å². The van der Waals surface area contributed by atoms with E-state index in [2.05, 4.69) is 27.7 Å². The molecular formula is C72H140O17P2. The number of esters is 4. The first-order valence-electron chi connectivity index (χ1n) is 37.8. The van der Waals surface area contributed by atoms with E-state index in [4.69, 9.17) is 37.0 Å². The molecule has 0 aliphatic rings. The molecule has 540 valence electrons. The second-order valence-corrected chi connectivity index (χ2v) is 28.9. The Morgan fingerprint density at radius 1 is 0.264 bits per heavy atom. The lowest BCUT2D eigenvalue weighted by atomic mass is 10.0. The molecule has 91 heavy (non-hydrogen) atoms. The van der Waals surface area contributed by atoms with Gasteiger partial charge in [-0.15, -0.1) is 0 Å². The number of phosphoric ester groups is 2. The maximum absolute atomic E-state index is 13.0. The number of hydrogen-bond donors (Lipinski definition) is 3. The van der Waals surface area contributed by atoms with Gasteiger partial charge in [0.2, 0.25) is 0 Å². The van der Waals surface area contributed by atoms with Gasteiger partial charge < -0.3 is 33.8 Å². The van der Waals surface area contributed by atoms with Crippen molar-refractivity contribution in [2.75, 3.05) is 39.6 Å². The molecule has 0 heterocycles. The van der Waals surface area contributed by atoms with Crippen LogP contribution in [0.1, 0.15) is 381 Å². The van der Waals surface area contributed by atoms with Crippen LogP contribution in [0.15, 0.2) is 0 Å². The third-order valence-electron chi connectivity index (χ3n) is 16.9. The molecule has 0 radical (unpaired) electrons. The number of carbonyl (C=O) groups is 4. The predicted octanol–water partition coefficient (Wildman–Crippen LogP) is 21.1. The molecule has 0 aromatic rings. The van der Waals surface area contributed by atoms with Crippen molar-refractivity contribution in [3.05, 3.63) is 0 Å². The van der Waals surface area contributed by atoms with Crippen LogP contribution in [0, 0.1) is 0 Å². The Morgan fingerprint density at radius 2 is 0.440 bits per heavy atom. The monoisotopic (exact) mass is 1340 g/mol. The highest BCUT2D eigenvalue weighted by molar-refractivity contribution is 7.47. The molecule has 0 saturated heterocycles. The molecule has 0 aliphatic carbocycles. The van der Waals surface area contributed by atoms with Crippen LogP contribution in [0.25, 0.3) is 0 Å². The van der Waals surface area contributed by atoms with Crippen LogP contribution in [0.2, 0.25) is 0 Å². The van der Waals surface area contributed by atoms with Gasteiger partial charge in [0.15, 0.2) is 12.2 Å². The minimum absolute atomic E-state index is 0.107. The topological polar surface area (TPSA) is 237 Å². The Balaban J connectivity index is 5.22. The number of phosphoric acid groups is 2. The number of hydrogen-bond acceptors (Lipinski definition) is 15. The van der Waals surface area contributed by atoms with Crippen LogP contribution in [-0.2, 0) is 65.4 Å². The fraction of sp³-hybridized carbons (Fsp3) is 0.944. The molecule has 0 amide bonds. The minimum Gasteiger partial charge on any atom is -0.462 e. The average molecular weight is 1340 g/mol. The molecule has 0 spiro atoms. The summed E-state index contributed by atoms with van der Waals surface area (Å²) in [6.07, 6.45) is 55.3. The smallest absolute Gasteiger partial charge is 0.462 e. The maximum atomic E-state index is 13.0. The molecule has 0 bridgehead atoms. The minimum atomic E-state index is -4.95.